The maximum absolute atomic E-state index is 12.3. The standard InChI is InChI=1S/C14H9BrF6N4O2/c15-12(13(16,17)18)25-24-10-5-22-11(9(6-26)23-10)7-1-3-8(4-2-7)27-14(19,20)21/h1-5,26H,6H2,(H,23,24). The van der Waals surface area contributed by atoms with Gasteiger partial charge in [0.1, 0.15) is 5.75 Å². The third kappa shape index (κ3) is 6.06. The summed E-state index contributed by atoms with van der Waals surface area (Å²) in [7, 11) is 0. The predicted octanol–water partition coefficient (Wildman–Crippen LogP) is 4.22. The molecule has 0 atom stereocenters. The van der Waals surface area contributed by atoms with E-state index in [-0.39, 0.29) is 17.2 Å². The first-order valence-electron chi connectivity index (χ1n) is 6.89. The van der Waals surface area contributed by atoms with Crippen molar-refractivity contribution < 1.29 is 36.2 Å². The average Bonchev–Trinajstić information content (AvgIpc) is 2.58. The number of hydrogen-bond donors (Lipinski definition) is 2. The van der Waals surface area contributed by atoms with Gasteiger partial charge in [-0.1, -0.05) is 0 Å². The maximum atomic E-state index is 12.3. The number of aliphatic hydroxyl groups excluding tert-OH is 1. The van der Waals surface area contributed by atoms with Gasteiger partial charge < -0.3 is 9.84 Å². The number of ether oxygens (including phenoxy) is 1. The Morgan fingerprint density at radius 1 is 1.15 bits per heavy atom. The first kappa shape index (κ1) is 20.9. The molecular weight excluding hydrogens is 450 g/mol. The molecule has 0 saturated heterocycles. The largest absolute Gasteiger partial charge is 0.573 e. The highest BCUT2D eigenvalue weighted by atomic mass is 79.9. The number of anilines is 1. The van der Waals surface area contributed by atoms with E-state index >= 15 is 0 Å². The van der Waals surface area contributed by atoms with Gasteiger partial charge in [0.25, 0.3) is 0 Å². The smallest absolute Gasteiger partial charge is 0.406 e. The van der Waals surface area contributed by atoms with Crippen molar-refractivity contribution in [2.45, 2.75) is 19.1 Å². The number of nitrogens with one attached hydrogen (secondary N) is 1. The molecule has 13 heteroatoms. The summed E-state index contributed by atoms with van der Waals surface area (Å²) in [5.41, 5.74) is 2.44. The molecule has 0 aliphatic heterocycles. The van der Waals surface area contributed by atoms with Crippen LogP contribution in [0.3, 0.4) is 0 Å². The Hall–Kier alpha value is -2.41. The van der Waals surface area contributed by atoms with E-state index in [9.17, 15) is 31.4 Å². The summed E-state index contributed by atoms with van der Waals surface area (Å²) in [5, 5.41) is 12.4. The zero-order valence-electron chi connectivity index (χ0n) is 12.9. The Labute approximate surface area is 156 Å². The molecule has 1 heterocycles. The second-order valence-electron chi connectivity index (χ2n) is 4.79. The van der Waals surface area contributed by atoms with Crippen LogP contribution < -0.4 is 10.2 Å². The Morgan fingerprint density at radius 3 is 2.30 bits per heavy atom. The van der Waals surface area contributed by atoms with E-state index in [1.807, 2.05) is 5.43 Å². The predicted molar refractivity (Wildman–Crippen MR) is 86.1 cm³/mol. The molecule has 1 aromatic heterocycles. The van der Waals surface area contributed by atoms with Gasteiger partial charge >= 0.3 is 12.5 Å². The molecule has 2 aromatic rings. The molecule has 0 spiro atoms. The second kappa shape index (κ2) is 8.08. The van der Waals surface area contributed by atoms with E-state index in [1.165, 1.54) is 12.1 Å². The van der Waals surface area contributed by atoms with Crippen LogP contribution in [0.5, 0.6) is 5.75 Å². The summed E-state index contributed by atoms with van der Waals surface area (Å²) < 4.78 is 75.9. The fourth-order valence-electron chi connectivity index (χ4n) is 1.82. The van der Waals surface area contributed by atoms with E-state index in [2.05, 4.69) is 35.7 Å². The zero-order valence-corrected chi connectivity index (χ0v) is 14.5. The fourth-order valence-corrected chi connectivity index (χ4v) is 1.91. The van der Waals surface area contributed by atoms with Crippen molar-refractivity contribution in [3.05, 3.63) is 36.2 Å². The lowest BCUT2D eigenvalue weighted by Crippen LogP contribution is -2.18. The highest BCUT2D eigenvalue weighted by Gasteiger charge is 2.34. The number of benzene rings is 1. The van der Waals surface area contributed by atoms with Crippen molar-refractivity contribution in [3.63, 3.8) is 0 Å². The van der Waals surface area contributed by atoms with E-state index in [0.29, 0.717) is 5.56 Å². The lowest BCUT2D eigenvalue weighted by Gasteiger charge is -2.11. The molecule has 6 nitrogen and oxygen atoms in total. The molecular formula is C14H9BrF6N4O2. The van der Waals surface area contributed by atoms with E-state index in [0.717, 1.165) is 18.3 Å². The first-order valence-corrected chi connectivity index (χ1v) is 7.68. The number of hydrogen-bond acceptors (Lipinski definition) is 6. The number of rotatable bonds is 5. The summed E-state index contributed by atoms with van der Waals surface area (Å²) in [5.74, 6) is -0.629. The second-order valence-corrected chi connectivity index (χ2v) is 5.54. The third-order valence-corrected chi connectivity index (χ3v) is 3.49. The number of halogens is 7. The van der Waals surface area contributed by atoms with Crippen molar-refractivity contribution >= 4 is 26.4 Å². The number of aromatic nitrogens is 2. The van der Waals surface area contributed by atoms with Crippen LogP contribution in [0, 0.1) is 0 Å². The van der Waals surface area contributed by atoms with Gasteiger partial charge in [-0.3, -0.25) is 10.4 Å². The SMILES string of the molecule is OCc1nc(NN=C(Br)C(F)(F)F)cnc1-c1ccc(OC(F)(F)F)cc1. The number of nitrogens with zero attached hydrogens (tertiary/aromatic N) is 3. The van der Waals surface area contributed by atoms with Gasteiger partial charge in [0, 0.05) is 5.56 Å². The van der Waals surface area contributed by atoms with Gasteiger partial charge in [-0.2, -0.15) is 18.3 Å². The molecule has 2 rings (SSSR count). The minimum absolute atomic E-state index is 0.0252. The van der Waals surface area contributed by atoms with Gasteiger partial charge in [-0.05, 0) is 40.2 Å². The number of hydrazone groups is 1. The summed E-state index contributed by atoms with van der Waals surface area (Å²) in [6.45, 7) is -0.622. The maximum Gasteiger partial charge on any atom is 0.573 e. The minimum Gasteiger partial charge on any atom is -0.406 e. The molecule has 27 heavy (non-hydrogen) atoms. The Kier molecular flexibility index (Phi) is 6.26. The third-order valence-electron chi connectivity index (χ3n) is 2.86. The summed E-state index contributed by atoms with van der Waals surface area (Å²) in [6.07, 6.45) is -8.48. The summed E-state index contributed by atoms with van der Waals surface area (Å²) in [4.78, 5) is 7.82. The van der Waals surface area contributed by atoms with Gasteiger partial charge in [0.2, 0.25) is 4.62 Å². The van der Waals surface area contributed by atoms with E-state index < -0.39 is 29.5 Å². The number of aliphatic hydroxyl groups is 1. The van der Waals surface area contributed by atoms with Crippen molar-refractivity contribution in [3.8, 4) is 17.0 Å². The molecule has 1 aromatic carbocycles. The monoisotopic (exact) mass is 458 g/mol. The van der Waals surface area contributed by atoms with Crippen molar-refractivity contribution in [1.82, 2.24) is 9.97 Å². The molecule has 0 aliphatic carbocycles. The van der Waals surface area contributed by atoms with E-state index in [1.54, 1.807) is 0 Å². The summed E-state index contributed by atoms with van der Waals surface area (Å²) >= 11 is 2.24. The number of alkyl halides is 6. The molecule has 2 N–H and O–H groups in total. The highest BCUT2D eigenvalue weighted by molar-refractivity contribution is 9.18. The van der Waals surface area contributed by atoms with Crippen LogP contribution in [0.1, 0.15) is 5.69 Å². The topological polar surface area (TPSA) is 79.6 Å². The lowest BCUT2D eigenvalue weighted by atomic mass is 10.1. The molecule has 0 unspecified atom stereocenters. The highest BCUT2D eigenvalue weighted by Crippen LogP contribution is 2.27. The molecule has 0 amide bonds. The van der Waals surface area contributed by atoms with Crippen LogP contribution in [0.4, 0.5) is 32.2 Å². The van der Waals surface area contributed by atoms with Crippen LogP contribution >= 0.6 is 15.9 Å². The quantitative estimate of drug-likeness (QED) is 0.398. The molecule has 0 bridgehead atoms. The molecule has 0 aliphatic rings. The molecule has 0 fully saturated rings. The minimum atomic E-state index is -4.84. The van der Waals surface area contributed by atoms with Crippen molar-refractivity contribution in [2.75, 3.05) is 5.43 Å². The zero-order chi connectivity index (χ0) is 20.2. The van der Waals surface area contributed by atoms with Crippen LogP contribution in [0.15, 0.2) is 35.6 Å². The van der Waals surface area contributed by atoms with Crippen LogP contribution in [0.2, 0.25) is 0 Å². The fraction of sp³-hybridized carbons (Fsp3) is 0.214. The molecule has 0 saturated carbocycles. The lowest BCUT2D eigenvalue weighted by molar-refractivity contribution is -0.274. The van der Waals surface area contributed by atoms with Crippen LogP contribution in [-0.4, -0.2) is 32.2 Å². The van der Waals surface area contributed by atoms with Gasteiger partial charge in [0.15, 0.2) is 5.82 Å². The van der Waals surface area contributed by atoms with Crippen molar-refractivity contribution in [1.29, 1.82) is 0 Å². The molecule has 0 radical (unpaired) electrons. The van der Waals surface area contributed by atoms with Crippen LogP contribution in [0.25, 0.3) is 11.3 Å². The average molecular weight is 459 g/mol. The Bertz CT molecular complexity index is 824. The normalized spacial score (nSPS) is 12.8. The Morgan fingerprint density at radius 2 is 1.78 bits per heavy atom. The van der Waals surface area contributed by atoms with Crippen LogP contribution in [-0.2, 0) is 6.61 Å². The van der Waals surface area contributed by atoms with Gasteiger partial charge in [-0.25, -0.2) is 4.98 Å². The van der Waals surface area contributed by atoms with Gasteiger partial charge in [-0.15, -0.1) is 13.2 Å². The molecule has 146 valence electrons. The van der Waals surface area contributed by atoms with E-state index in [4.69, 9.17) is 0 Å². The van der Waals surface area contributed by atoms with Crippen molar-refractivity contribution in [2.24, 2.45) is 5.10 Å². The first-order chi connectivity index (χ1) is 12.5. The van der Waals surface area contributed by atoms with Gasteiger partial charge in [0.05, 0.1) is 24.2 Å². The Balaban J connectivity index is 2.23. The summed E-state index contributed by atoms with van der Waals surface area (Å²) in [6, 6.07) is 4.61.